The van der Waals surface area contributed by atoms with Crippen LogP contribution in [0.4, 0.5) is 5.69 Å². The molecule has 0 spiro atoms. The summed E-state index contributed by atoms with van der Waals surface area (Å²) in [6.07, 6.45) is 0.319. The standard InChI is InChI=1S/C22H19N3O4S3/c26-25(27)18-10-8-16(9-11-18)13-19(20-14-31-22(23-20)21-7-4-12-30-21)24-32(28,29)15-17-5-2-1-3-6-17/h1-12,14,19,24H,13,15H2. The van der Waals surface area contributed by atoms with Crippen LogP contribution in [0.15, 0.2) is 77.5 Å². The maximum atomic E-state index is 12.9. The molecule has 0 amide bonds. The number of nitro benzene ring substituents is 1. The van der Waals surface area contributed by atoms with Crippen molar-refractivity contribution in [2.75, 3.05) is 0 Å². The largest absolute Gasteiger partial charge is 0.269 e. The van der Waals surface area contributed by atoms with E-state index in [1.807, 2.05) is 29.0 Å². The number of nitrogens with one attached hydrogen (secondary N) is 1. The Morgan fingerprint density at radius 1 is 0.969 bits per heavy atom. The zero-order valence-electron chi connectivity index (χ0n) is 16.7. The van der Waals surface area contributed by atoms with E-state index >= 15 is 0 Å². The highest BCUT2D eigenvalue weighted by atomic mass is 32.2. The van der Waals surface area contributed by atoms with Gasteiger partial charge in [0.15, 0.2) is 0 Å². The van der Waals surface area contributed by atoms with E-state index in [4.69, 9.17) is 0 Å². The summed E-state index contributed by atoms with van der Waals surface area (Å²) in [5.41, 5.74) is 2.07. The average molecular weight is 486 g/mol. The van der Waals surface area contributed by atoms with E-state index in [1.165, 1.54) is 23.5 Å². The number of thiazole rings is 1. The number of sulfonamides is 1. The van der Waals surface area contributed by atoms with Gasteiger partial charge in [-0.1, -0.05) is 48.5 Å². The fraction of sp³-hybridized carbons (Fsp3) is 0.136. The first-order valence-corrected chi connectivity index (χ1v) is 13.1. The molecule has 2 heterocycles. The fourth-order valence-electron chi connectivity index (χ4n) is 3.21. The summed E-state index contributed by atoms with van der Waals surface area (Å²) in [6.45, 7) is 0. The number of nitrogens with zero attached hydrogens (tertiary/aromatic N) is 2. The molecule has 1 unspecified atom stereocenters. The molecule has 1 atom stereocenters. The summed E-state index contributed by atoms with van der Waals surface area (Å²) < 4.78 is 28.6. The first kappa shape index (κ1) is 22.3. The number of benzene rings is 2. The van der Waals surface area contributed by atoms with Crippen LogP contribution in [-0.4, -0.2) is 18.3 Å². The molecule has 0 saturated heterocycles. The summed E-state index contributed by atoms with van der Waals surface area (Å²) in [4.78, 5) is 16.2. The van der Waals surface area contributed by atoms with E-state index in [2.05, 4.69) is 9.71 Å². The summed E-state index contributed by atoms with van der Waals surface area (Å²) in [7, 11) is -3.66. The highest BCUT2D eigenvalue weighted by Crippen LogP contribution is 2.31. The molecule has 2 aromatic carbocycles. The van der Waals surface area contributed by atoms with Gasteiger partial charge < -0.3 is 0 Å². The van der Waals surface area contributed by atoms with E-state index in [0.29, 0.717) is 17.7 Å². The van der Waals surface area contributed by atoms with Crippen molar-refractivity contribution < 1.29 is 13.3 Å². The Bertz CT molecular complexity index is 1290. The van der Waals surface area contributed by atoms with Gasteiger partial charge in [-0.15, -0.1) is 22.7 Å². The molecule has 0 saturated carbocycles. The Morgan fingerprint density at radius 2 is 1.72 bits per heavy atom. The van der Waals surface area contributed by atoms with Crippen molar-refractivity contribution in [3.63, 3.8) is 0 Å². The third kappa shape index (κ3) is 5.65. The molecule has 0 bridgehead atoms. The van der Waals surface area contributed by atoms with E-state index in [-0.39, 0.29) is 11.4 Å². The second-order valence-electron chi connectivity index (χ2n) is 7.10. The van der Waals surface area contributed by atoms with E-state index in [0.717, 1.165) is 15.4 Å². The van der Waals surface area contributed by atoms with Gasteiger partial charge >= 0.3 is 0 Å². The Hall–Kier alpha value is -2.92. The molecule has 0 radical (unpaired) electrons. The van der Waals surface area contributed by atoms with Crippen molar-refractivity contribution in [2.24, 2.45) is 0 Å². The minimum atomic E-state index is -3.66. The lowest BCUT2D eigenvalue weighted by Crippen LogP contribution is -2.31. The van der Waals surface area contributed by atoms with Gasteiger partial charge in [0.2, 0.25) is 10.0 Å². The smallest absolute Gasteiger partial charge is 0.258 e. The minimum Gasteiger partial charge on any atom is -0.258 e. The van der Waals surface area contributed by atoms with Gasteiger partial charge in [-0.05, 0) is 29.0 Å². The second kappa shape index (κ2) is 9.70. The Morgan fingerprint density at radius 3 is 2.38 bits per heavy atom. The number of nitro groups is 1. The number of rotatable bonds is 9. The van der Waals surface area contributed by atoms with Crippen LogP contribution in [0.3, 0.4) is 0 Å². The highest BCUT2D eigenvalue weighted by molar-refractivity contribution is 7.88. The molecule has 4 aromatic rings. The van der Waals surface area contributed by atoms with Gasteiger partial charge in [-0.3, -0.25) is 10.1 Å². The summed E-state index contributed by atoms with van der Waals surface area (Å²) in [5.74, 6) is -0.146. The number of thiophene rings is 1. The molecule has 0 aliphatic rings. The van der Waals surface area contributed by atoms with Crippen LogP contribution in [0.25, 0.3) is 9.88 Å². The lowest BCUT2D eigenvalue weighted by atomic mass is 10.0. The van der Waals surface area contributed by atoms with Crippen molar-refractivity contribution in [2.45, 2.75) is 18.2 Å². The first-order chi connectivity index (χ1) is 15.4. The van der Waals surface area contributed by atoms with Gasteiger partial charge in [-0.25, -0.2) is 18.1 Å². The van der Waals surface area contributed by atoms with Gasteiger partial charge in [0, 0.05) is 17.5 Å². The number of hydrogen-bond acceptors (Lipinski definition) is 7. The number of aromatic nitrogens is 1. The molecule has 4 rings (SSSR count). The number of non-ortho nitro benzene ring substituents is 1. The molecule has 2 aromatic heterocycles. The predicted octanol–water partition coefficient (Wildman–Crippen LogP) is 5.18. The molecular weight excluding hydrogens is 466 g/mol. The molecule has 0 aliphatic heterocycles. The van der Waals surface area contributed by atoms with Crippen LogP contribution in [0.5, 0.6) is 0 Å². The van der Waals surface area contributed by atoms with Crippen LogP contribution >= 0.6 is 22.7 Å². The highest BCUT2D eigenvalue weighted by Gasteiger charge is 2.23. The topological polar surface area (TPSA) is 102 Å². The minimum absolute atomic E-state index is 0.0106. The maximum absolute atomic E-state index is 12.9. The van der Waals surface area contributed by atoms with Gasteiger partial charge in [0.25, 0.3) is 5.69 Å². The molecule has 164 valence electrons. The molecule has 10 heteroatoms. The zero-order valence-corrected chi connectivity index (χ0v) is 19.2. The zero-order chi connectivity index (χ0) is 22.6. The lowest BCUT2D eigenvalue weighted by molar-refractivity contribution is -0.384. The average Bonchev–Trinajstić information content (AvgIpc) is 3.46. The molecule has 1 N–H and O–H groups in total. The van der Waals surface area contributed by atoms with Crippen LogP contribution in [-0.2, 0) is 22.2 Å². The van der Waals surface area contributed by atoms with Crippen molar-refractivity contribution in [3.8, 4) is 9.88 Å². The van der Waals surface area contributed by atoms with E-state index < -0.39 is 21.0 Å². The lowest BCUT2D eigenvalue weighted by Gasteiger charge is -2.17. The van der Waals surface area contributed by atoms with Crippen molar-refractivity contribution in [1.29, 1.82) is 0 Å². The normalized spacial score (nSPS) is 12.5. The van der Waals surface area contributed by atoms with Gasteiger partial charge in [0.05, 0.1) is 27.3 Å². The third-order valence-corrected chi connectivity index (χ3v) is 7.98. The Kier molecular flexibility index (Phi) is 6.75. The second-order valence-corrected chi connectivity index (χ2v) is 10.7. The Labute approximate surface area is 193 Å². The molecule has 0 fully saturated rings. The van der Waals surface area contributed by atoms with E-state index in [9.17, 15) is 18.5 Å². The fourth-order valence-corrected chi connectivity index (χ4v) is 6.25. The molecule has 7 nitrogen and oxygen atoms in total. The van der Waals surface area contributed by atoms with Crippen LogP contribution in [0.2, 0.25) is 0 Å². The van der Waals surface area contributed by atoms with Crippen LogP contribution in [0, 0.1) is 10.1 Å². The van der Waals surface area contributed by atoms with Gasteiger partial charge in [0.1, 0.15) is 5.01 Å². The molecule has 0 aliphatic carbocycles. The van der Waals surface area contributed by atoms with Gasteiger partial charge in [-0.2, -0.15) is 0 Å². The van der Waals surface area contributed by atoms with Crippen LogP contribution < -0.4 is 4.72 Å². The third-order valence-electron chi connectivity index (χ3n) is 4.72. The van der Waals surface area contributed by atoms with E-state index in [1.54, 1.807) is 47.7 Å². The summed E-state index contributed by atoms with van der Waals surface area (Å²) in [5, 5.41) is 15.6. The Balaban J connectivity index is 1.60. The van der Waals surface area contributed by atoms with Crippen molar-refractivity contribution in [3.05, 3.63) is 104 Å². The first-order valence-electron chi connectivity index (χ1n) is 9.66. The quantitative estimate of drug-likeness (QED) is 0.260. The van der Waals surface area contributed by atoms with Crippen molar-refractivity contribution in [1.82, 2.24) is 9.71 Å². The monoisotopic (exact) mass is 485 g/mol. The van der Waals surface area contributed by atoms with Crippen LogP contribution in [0.1, 0.15) is 22.9 Å². The SMILES string of the molecule is O=[N+]([O-])c1ccc(CC(NS(=O)(=O)Cc2ccccc2)c2csc(-c3cccs3)n2)cc1. The molecule has 32 heavy (non-hydrogen) atoms. The predicted molar refractivity (Wildman–Crippen MR) is 127 cm³/mol. The summed E-state index contributed by atoms with van der Waals surface area (Å²) in [6, 6.07) is 18.4. The number of hydrogen-bond donors (Lipinski definition) is 1. The summed E-state index contributed by atoms with van der Waals surface area (Å²) >= 11 is 3.03. The molecular formula is C22H19N3O4S3. The van der Waals surface area contributed by atoms with Crippen molar-refractivity contribution >= 4 is 38.4 Å². The maximum Gasteiger partial charge on any atom is 0.269 e.